The summed E-state index contributed by atoms with van der Waals surface area (Å²) in [6, 6.07) is 5.60. The Balaban J connectivity index is 2.90. The molecule has 0 atom stereocenters. The maximum atomic E-state index is 12.5. The lowest BCUT2D eigenvalue weighted by Gasteiger charge is -2.18. The number of carbonyl (C=O) groups excluding carboxylic acids is 1. The molecule has 1 aromatic carbocycles. The number of amides is 1. The second-order valence-electron chi connectivity index (χ2n) is 4.75. The van der Waals surface area contributed by atoms with Crippen LogP contribution in [0.1, 0.15) is 34.8 Å². The van der Waals surface area contributed by atoms with Crippen molar-refractivity contribution < 1.29 is 14.6 Å². The van der Waals surface area contributed by atoms with Crippen LogP contribution in [-0.4, -0.2) is 49.3 Å². The van der Waals surface area contributed by atoms with E-state index in [1.807, 2.05) is 26.0 Å². The molecule has 0 saturated carbocycles. The van der Waals surface area contributed by atoms with Crippen molar-refractivity contribution in [3.05, 3.63) is 34.9 Å². The van der Waals surface area contributed by atoms with Gasteiger partial charge in [0.25, 0.3) is 5.91 Å². The molecule has 0 aromatic heterocycles. The highest BCUT2D eigenvalue weighted by Gasteiger charge is 2.14. The number of likely N-dealkylation sites (N-methyl/N-ethyl adjacent to an activating group) is 1. The van der Waals surface area contributed by atoms with Crippen molar-refractivity contribution in [3.63, 3.8) is 0 Å². The smallest absolute Gasteiger partial charge is 0.254 e. The normalized spacial score (nSPS) is 9.90. The number of aliphatic hydroxyl groups is 1. The molecule has 0 spiro atoms. The van der Waals surface area contributed by atoms with Crippen LogP contribution in [0.4, 0.5) is 0 Å². The summed E-state index contributed by atoms with van der Waals surface area (Å²) in [6.07, 6.45) is 0.405. The van der Waals surface area contributed by atoms with E-state index in [1.165, 1.54) is 0 Å². The second-order valence-corrected chi connectivity index (χ2v) is 4.75. The topological polar surface area (TPSA) is 49.8 Å². The van der Waals surface area contributed by atoms with Gasteiger partial charge in [0.15, 0.2) is 0 Å². The Bertz CT molecular complexity index is 529. The van der Waals surface area contributed by atoms with Gasteiger partial charge < -0.3 is 14.7 Å². The van der Waals surface area contributed by atoms with Gasteiger partial charge in [-0.1, -0.05) is 17.9 Å². The van der Waals surface area contributed by atoms with Crippen LogP contribution in [0.25, 0.3) is 0 Å². The Morgan fingerprint density at radius 2 is 2.19 bits per heavy atom. The molecule has 4 nitrogen and oxygen atoms in total. The third-order valence-corrected chi connectivity index (χ3v) is 2.99. The number of ether oxygens (including phenoxy) is 1. The van der Waals surface area contributed by atoms with Crippen molar-refractivity contribution in [2.24, 2.45) is 0 Å². The Labute approximate surface area is 126 Å². The lowest BCUT2D eigenvalue weighted by atomic mass is 10.0. The molecule has 0 aliphatic carbocycles. The molecule has 114 valence electrons. The van der Waals surface area contributed by atoms with Crippen molar-refractivity contribution in [1.82, 2.24) is 4.90 Å². The van der Waals surface area contributed by atoms with Gasteiger partial charge in [-0.2, -0.15) is 0 Å². The fourth-order valence-corrected chi connectivity index (χ4v) is 1.81. The van der Waals surface area contributed by atoms with E-state index in [-0.39, 0.29) is 12.5 Å². The minimum absolute atomic E-state index is 0.0242. The van der Waals surface area contributed by atoms with Crippen LogP contribution in [0.15, 0.2) is 18.2 Å². The van der Waals surface area contributed by atoms with E-state index in [1.54, 1.807) is 18.0 Å². The first-order valence-electron chi connectivity index (χ1n) is 7.13. The SMILES string of the molecule is CCOCCN(C)C(=O)c1ccc(C)cc1C#CCCO. The maximum absolute atomic E-state index is 12.5. The molecule has 1 rings (SSSR count). The molecule has 0 aliphatic rings. The number of hydrogen-bond acceptors (Lipinski definition) is 3. The monoisotopic (exact) mass is 289 g/mol. The molecule has 0 fully saturated rings. The number of benzene rings is 1. The first kappa shape index (κ1) is 17.2. The number of hydrogen-bond donors (Lipinski definition) is 1. The van der Waals surface area contributed by atoms with Gasteiger partial charge in [0, 0.05) is 32.2 Å². The van der Waals surface area contributed by atoms with Crippen molar-refractivity contribution >= 4 is 5.91 Å². The Morgan fingerprint density at radius 3 is 2.86 bits per heavy atom. The van der Waals surface area contributed by atoms with E-state index >= 15 is 0 Å². The fourth-order valence-electron chi connectivity index (χ4n) is 1.81. The number of rotatable bonds is 6. The van der Waals surface area contributed by atoms with Crippen molar-refractivity contribution in [1.29, 1.82) is 0 Å². The summed E-state index contributed by atoms with van der Waals surface area (Å²) in [5.74, 6) is 5.77. The van der Waals surface area contributed by atoms with Crippen molar-refractivity contribution in [2.75, 3.05) is 33.4 Å². The zero-order chi connectivity index (χ0) is 15.7. The van der Waals surface area contributed by atoms with Crippen LogP contribution in [0.2, 0.25) is 0 Å². The molecule has 1 aromatic rings. The lowest BCUT2D eigenvalue weighted by molar-refractivity contribution is 0.0709. The summed E-state index contributed by atoms with van der Waals surface area (Å²) in [5.41, 5.74) is 2.35. The van der Waals surface area contributed by atoms with Gasteiger partial charge in [-0.3, -0.25) is 4.79 Å². The average molecular weight is 289 g/mol. The molecular weight excluding hydrogens is 266 g/mol. The Kier molecular flexibility index (Phi) is 7.52. The highest BCUT2D eigenvalue weighted by atomic mass is 16.5. The molecule has 21 heavy (non-hydrogen) atoms. The summed E-state index contributed by atoms with van der Waals surface area (Å²) >= 11 is 0. The third-order valence-electron chi connectivity index (χ3n) is 2.99. The average Bonchev–Trinajstić information content (AvgIpc) is 2.47. The van der Waals surface area contributed by atoms with E-state index in [0.717, 1.165) is 5.56 Å². The fraction of sp³-hybridized carbons (Fsp3) is 0.471. The first-order chi connectivity index (χ1) is 10.1. The summed E-state index contributed by atoms with van der Waals surface area (Å²) in [5, 5.41) is 8.79. The minimum Gasteiger partial charge on any atom is -0.395 e. The van der Waals surface area contributed by atoms with E-state index in [4.69, 9.17) is 9.84 Å². The van der Waals surface area contributed by atoms with Gasteiger partial charge in [0.1, 0.15) is 0 Å². The third kappa shape index (κ3) is 5.58. The Hall–Kier alpha value is -1.83. The van der Waals surface area contributed by atoms with E-state index in [9.17, 15) is 4.79 Å². The summed E-state index contributed by atoms with van der Waals surface area (Å²) in [7, 11) is 1.76. The minimum atomic E-state index is -0.0667. The molecular formula is C17H23NO3. The predicted molar refractivity (Wildman–Crippen MR) is 83.2 cm³/mol. The molecule has 0 heterocycles. The molecule has 0 unspecified atom stereocenters. The van der Waals surface area contributed by atoms with Gasteiger partial charge in [-0.25, -0.2) is 0 Å². The summed E-state index contributed by atoms with van der Waals surface area (Å²) in [6.45, 7) is 5.63. The number of aliphatic hydroxyl groups excluding tert-OH is 1. The highest BCUT2D eigenvalue weighted by molar-refractivity contribution is 5.96. The number of nitrogens with zero attached hydrogens (tertiary/aromatic N) is 1. The highest BCUT2D eigenvalue weighted by Crippen LogP contribution is 2.13. The van der Waals surface area contributed by atoms with Gasteiger partial charge >= 0.3 is 0 Å². The number of aryl methyl sites for hydroxylation is 1. The predicted octanol–water partition coefficient (Wildman–Crippen LogP) is 1.84. The van der Waals surface area contributed by atoms with Gasteiger partial charge in [0.05, 0.1) is 18.8 Å². The molecule has 4 heteroatoms. The standard InChI is InChI=1S/C17H23NO3/c1-4-21-12-10-18(3)17(20)16-9-8-14(2)13-15(16)7-5-6-11-19/h8-9,13,19H,4,6,10-12H2,1-3H3. The second kappa shape index (κ2) is 9.17. The van der Waals surface area contributed by atoms with E-state index < -0.39 is 0 Å². The number of carbonyl (C=O) groups is 1. The Morgan fingerprint density at radius 1 is 1.43 bits per heavy atom. The largest absolute Gasteiger partial charge is 0.395 e. The van der Waals surface area contributed by atoms with E-state index in [2.05, 4.69) is 11.8 Å². The van der Waals surface area contributed by atoms with Crippen LogP contribution < -0.4 is 0 Å². The van der Waals surface area contributed by atoms with Crippen LogP contribution in [0, 0.1) is 18.8 Å². The zero-order valence-electron chi connectivity index (χ0n) is 13.0. The van der Waals surface area contributed by atoms with Crippen LogP contribution in [0.3, 0.4) is 0 Å². The summed E-state index contributed by atoms with van der Waals surface area (Å²) < 4.78 is 5.27. The van der Waals surface area contributed by atoms with Crippen LogP contribution in [0.5, 0.6) is 0 Å². The van der Waals surface area contributed by atoms with Gasteiger partial charge in [-0.15, -0.1) is 0 Å². The van der Waals surface area contributed by atoms with Gasteiger partial charge in [-0.05, 0) is 31.5 Å². The molecule has 1 amide bonds. The molecule has 1 N–H and O–H groups in total. The van der Waals surface area contributed by atoms with Crippen LogP contribution >= 0.6 is 0 Å². The van der Waals surface area contributed by atoms with Crippen LogP contribution in [-0.2, 0) is 4.74 Å². The molecule has 0 bridgehead atoms. The van der Waals surface area contributed by atoms with E-state index in [0.29, 0.717) is 37.3 Å². The van der Waals surface area contributed by atoms with Gasteiger partial charge in [0.2, 0.25) is 0 Å². The summed E-state index contributed by atoms with van der Waals surface area (Å²) in [4.78, 5) is 14.1. The van der Waals surface area contributed by atoms with Crippen molar-refractivity contribution in [3.8, 4) is 11.8 Å². The maximum Gasteiger partial charge on any atom is 0.254 e. The van der Waals surface area contributed by atoms with Crippen molar-refractivity contribution in [2.45, 2.75) is 20.3 Å². The molecule has 0 saturated heterocycles. The first-order valence-corrected chi connectivity index (χ1v) is 7.13. The quantitative estimate of drug-likeness (QED) is 0.642. The lowest BCUT2D eigenvalue weighted by Crippen LogP contribution is -2.30. The molecule has 0 radical (unpaired) electrons. The molecule has 0 aliphatic heterocycles. The zero-order valence-corrected chi connectivity index (χ0v) is 13.0.